The Morgan fingerprint density at radius 2 is 2.33 bits per heavy atom. The van der Waals surface area contributed by atoms with E-state index in [4.69, 9.17) is 12.2 Å². The van der Waals surface area contributed by atoms with Gasteiger partial charge in [-0.15, -0.1) is 0 Å². The summed E-state index contributed by atoms with van der Waals surface area (Å²) in [6.45, 7) is 2.14. The van der Waals surface area contributed by atoms with E-state index < -0.39 is 9.84 Å². The molecule has 0 bridgehead atoms. The van der Waals surface area contributed by atoms with E-state index in [2.05, 4.69) is 12.2 Å². The van der Waals surface area contributed by atoms with Gasteiger partial charge in [-0.2, -0.15) is 0 Å². The zero-order chi connectivity index (χ0) is 11.3. The lowest BCUT2D eigenvalue weighted by Gasteiger charge is -2.12. The molecule has 0 aromatic heterocycles. The van der Waals surface area contributed by atoms with Gasteiger partial charge in [0.1, 0.15) is 4.32 Å². The van der Waals surface area contributed by atoms with Gasteiger partial charge in [0.2, 0.25) is 0 Å². The van der Waals surface area contributed by atoms with Crippen LogP contribution >= 0.6 is 24.0 Å². The van der Waals surface area contributed by atoms with Gasteiger partial charge in [-0.05, 0) is 12.8 Å². The first-order valence-corrected chi connectivity index (χ1v) is 8.39. The summed E-state index contributed by atoms with van der Waals surface area (Å²) in [6.07, 6.45) is 3.00. The predicted octanol–water partition coefficient (Wildman–Crippen LogP) is 1.58. The average molecular weight is 267 g/mol. The minimum atomic E-state index is -2.80. The molecule has 1 N–H and O–H groups in total. The van der Waals surface area contributed by atoms with Crippen molar-refractivity contribution in [1.29, 1.82) is 0 Å². The van der Waals surface area contributed by atoms with Gasteiger partial charge in [0.15, 0.2) is 9.84 Å². The lowest BCUT2D eigenvalue weighted by Crippen LogP contribution is -2.32. The van der Waals surface area contributed by atoms with Crippen LogP contribution in [0.1, 0.15) is 26.2 Å². The molecule has 15 heavy (non-hydrogen) atoms. The van der Waals surface area contributed by atoms with Crippen molar-refractivity contribution in [2.45, 2.75) is 32.2 Å². The fraction of sp³-hybridized carbons (Fsp3) is 0.889. The number of hydrogen-bond acceptors (Lipinski definition) is 4. The molecule has 0 saturated carbocycles. The van der Waals surface area contributed by atoms with Crippen molar-refractivity contribution in [2.24, 2.45) is 0 Å². The molecule has 1 rings (SSSR count). The molecule has 0 unspecified atom stereocenters. The van der Waals surface area contributed by atoms with Gasteiger partial charge in [0.05, 0.1) is 11.5 Å². The van der Waals surface area contributed by atoms with E-state index in [9.17, 15) is 8.42 Å². The smallest absolute Gasteiger partial charge is 0.152 e. The highest BCUT2D eigenvalue weighted by Gasteiger charge is 2.27. The van der Waals surface area contributed by atoms with E-state index in [1.165, 1.54) is 0 Å². The zero-order valence-corrected chi connectivity index (χ0v) is 11.3. The Hall–Kier alpha value is 0.190. The van der Waals surface area contributed by atoms with Crippen molar-refractivity contribution in [3.8, 4) is 0 Å². The molecule has 6 heteroatoms. The van der Waals surface area contributed by atoms with Crippen molar-refractivity contribution >= 4 is 38.1 Å². The Balaban J connectivity index is 2.22. The molecule has 0 aromatic carbocycles. The number of hydrogen-bond donors (Lipinski definition) is 1. The molecule has 1 aliphatic heterocycles. The summed E-state index contributed by atoms with van der Waals surface area (Å²) >= 11 is 6.75. The summed E-state index contributed by atoms with van der Waals surface area (Å²) in [7, 11) is -2.80. The molecule has 0 aromatic rings. The number of thioether (sulfide) groups is 1. The highest BCUT2D eigenvalue weighted by Crippen LogP contribution is 2.14. The molecule has 0 radical (unpaired) electrons. The largest absolute Gasteiger partial charge is 0.367 e. The van der Waals surface area contributed by atoms with Gasteiger partial charge in [-0.3, -0.25) is 0 Å². The van der Waals surface area contributed by atoms with Gasteiger partial charge in [0.25, 0.3) is 0 Å². The summed E-state index contributed by atoms with van der Waals surface area (Å²) in [4.78, 5) is 0. The molecular weight excluding hydrogens is 250 g/mol. The van der Waals surface area contributed by atoms with E-state index in [0.717, 1.165) is 22.9 Å². The maximum atomic E-state index is 11.2. The zero-order valence-electron chi connectivity index (χ0n) is 8.86. The van der Waals surface area contributed by atoms with Crippen molar-refractivity contribution in [2.75, 3.05) is 17.3 Å². The molecule has 88 valence electrons. The number of unbranched alkanes of at least 4 members (excludes halogenated alkanes) is 1. The second-order valence-electron chi connectivity index (χ2n) is 3.73. The Kier molecular flexibility index (Phi) is 5.35. The lowest BCUT2D eigenvalue weighted by atomic mass is 10.3. The van der Waals surface area contributed by atoms with Crippen molar-refractivity contribution in [1.82, 2.24) is 5.32 Å². The normalized spacial score (nSPS) is 23.9. The summed E-state index contributed by atoms with van der Waals surface area (Å²) in [5.74, 6) is 1.55. The van der Waals surface area contributed by atoms with Gasteiger partial charge < -0.3 is 5.32 Å². The molecule has 1 fully saturated rings. The minimum absolute atomic E-state index is 0.0385. The van der Waals surface area contributed by atoms with Gasteiger partial charge >= 0.3 is 0 Å². The van der Waals surface area contributed by atoms with Gasteiger partial charge in [-0.25, -0.2) is 8.42 Å². The SMILES string of the molecule is CCCCSC(=S)N[C@@H]1CCS(=O)(=O)C1. The van der Waals surface area contributed by atoms with Crippen LogP contribution in [0.25, 0.3) is 0 Å². The highest BCUT2D eigenvalue weighted by atomic mass is 32.2. The van der Waals surface area contributed by atoms with Crippen LogP contribution in [0.2, 0.25) is 0 Å². The van der Waals surface area contributed by atoms with Crippen molar-refractivity contribution < 1.29 is 8.42 Å². The third kappa shape index (κ3) is 5.17. The standard InChI is InChI=1S/C9H17NO2S3/c1-2-3-5-14-9(13)10-8-4-6-15(11,12)7-8/h8H,2-7H2,1H3,(H,10,13)/t8-/m1/s1. The van der Waals surface area contributed by atoms with Crippen LogP contribution in [0.4, 0.5) is 0 Å². The third-order valence-electron chi connectivity index (χ3n) is 2.29. The van der Waals surface area contributed by atoms with Crippen LogP contribution in [0.5, 0.6) is 0 Å². The summed E-state index contributed by atoms with van der Waals surface area (Å²) in [5, 5.41) is 3.11. The van der Waals surface area contributed by atoms with Crippen LogP contribution in [-0.4, -0.2) is 36.0 Å². The minimum Gasteiger partial charge on any atom is -0.367 e. The van der Waals surface area contributed by atoms with E-state index in [1.807, 2.05) is 0 Å². The Morgan fingerprint density at radius 1 is 1.60 bits per heavy atom. The molecule has 1 saturated heterocycles. The van der Waals surface area contributed by atoms with Crippen LogP contribution in [-0.2, 0) is 9.84 Å². The van der Waals surface area contributed by atoms with E-state index >= 15 is 0 Å². The molecule has 1 aliphatic rings. The van der Waals surface area contributed by atoms with Crippen molar-refractivity contribution in [3.05, 3.63) is 0 Å². The first-order valence-electron chi connectivity index (χ1n) is 5.17. The number of sulfone groups is 1. The molecule has 3 nitrogen and oxygen atoms in total. The first kappa shape index (κ1) is 13.3. The predicted molar refractivity (Wildman–Crippen MR) is 70.2 cm³/mol. The molecule has 0 spiro atoms. The van der Waals surface area contributed by atoms with E-state index in [0.29, 0.717) is 12.2 Å². The molecular formula is C9H17NO2S3. The summed E-state index contributed by atoms with van der Waals surface area (Å²) < 4.78 is 23.1. The third-order valence-corrected chi connectivity index (χ3v) is 5.40. The summed E-state index contributed by atoms with van der Waals surface area (Å²) in [6, 6.07) is 0.0385. The molecule has 1 atom stereocenters. The number of thiocarbonyl (C=S) groups is 1. The highest BCUT2D eigenvalue weighted by molar-refractivity contribution is 8.22. The fourth-order valence-electron chi connectivity index (χ4n) is 1.43. The Morgan fingerprint density at radius 3 is 2.87 bits per heavy atom. The van der Waals surface area contributed by atoms with E-state index in [1.54, 1.807) is 11.8 Å². The second kappa shape index (κ2) is 6.06. The fourth-order valence-corrected chi connectivity index (χ4v) is 4.38. The molecule has 1 heterocycles. The van der Waals surface area contributed by atoms with Crippen LogP contribution in [0.3, 0.4) is 0 Å². The Labute approximate surface area is 101 Å². The number of rotatable bonds is 4. The molecule has 0 amide bonds. The second-order valence-corrected chi connectivity index (χ2v) is 7.73. The van der Waals surface area contributed by atoms with Gasteiger partial charge in [-0.1, -0.05) is 37.3 Å². The van der Waals surface area contributed by atoms with E-state index in [-0.39, 0.29) is 11.8 Å². The lowest BCUT2D eigenvalue weighted by molar-refractivity contribution is 0.600. The first-order chi connectivity index (χ1) is 7.03. The molecule has 0 aliphatic carbocycles. The Bertz CT molecular complexity index is 313. The van der Waals surface area contributed by atoms with Gasteiger partial charge in [0, 0.05) is 11.8 Å². The number of nitrogens with one attached hydrogen (secondary N) is 1. The van der Waals surface area contributed by atoms with Crippen LogP contribution in [0.15, 0.2) is 0 Å². The average Bonchev–Trinajstić information content (AvgIpc) is 2.46. The van der Waals surface area contributed by atoms with Crippen LogP contribution in [0, 0.1) is 0 Å². The van der Waals surface area contributed by atoms with Crippen molar-refractivity contribution in [3.63, 3.8) is 0 Å². The monoisotopic (exact) mass is 267 g/mol. The maximum Gasteiger partial charge on any atom is 0.152 e. The maximum absolute atomic E-state index is 11.2. The topological polar surface area (TPSA) is 46.2 Å². The quantitative estimate of drug-likeness (QED) is 0.619. The summed E-state index contributed by atoms with van der Waals surface area (Å²) in [5.41, 5.74) is 0. The van der Waals surface area contributed by atoms with Crippen LogP contribution < -0.4 is 5.32 Å².